The molecule has 2 aromatic carbocycles. The Labute approximate surface area is 182 Å². The number of benzene rings is 2. The molecule has 0 unspecified atom stereocenters. The molecule has 4 rings (SSSR count). The van der Waals surface area contributed by atoms with E-state index in [1.165, 1.54) is 0 Å². The van der Waals surface area contributed by atoms with Crippen molar-refractivity contribution in [3.05, 3.63) is 89.0 Å². The average Bonchev–Trinajstić information content (AvgIpc) is 3.21. The van der Waals surface area contributed by atoms with Gasteiger partial charge in [-0.25, -0.2) is 4.98 Å². The van der Waals surface area contributed by atoms with E-state index in [-0.39, 0.29) is 12.3 Å². The van der Waals surface area contributed by atoms with E-state index in [1.54, 1.807) is 24.7 Å². The second-order valence-electron chi connectivity index (χ2n) is 8.28. The summed E-state index contributed by atoms with van der Waals surface area (Å²) >= 11 is 0. The van der Waals surface area contributed by atoms with Crippen LogP contribution >= 0.6 is 0 Å². The number of likely N-dealkylation sites (tertiary alicyclic amines) is 1. The summed E-state index contributed by atoms with van der Waals surface area (Å²) in [6.07, 6.45) is 4.81. The van der Waals surface area contributed by atoms with E-state index < -0.39 is 5.60 Å². The first-order valence-electron chi connectivity index (χ1n) is 10.5. The van der Waals surface area contributed by atoms with Crippen molar-refractivity contribution in [2.24, 2.45) is 0 Å². The van der Waals surface area contributed by atoms with Gasteiger partial charge in [0.25, 0.3) is 0 Å². The molecule has 0 atom stereocenters. The van der Waals surface area contributed by atoms with Crippen molar-refractivity contribution >= 4 is 5.91 Å². The maximum absolute atomic E-state index is 12.9. The topological polar surface area (TPSA) is 82.2 Å². The summed E-state index contributed by atoms with van der Waals surface area (Å²) in [4.78, 5) is 19.0. The van der Waals surface area contributed by atoms with Crippen molar-refractivity contribution in [1.29, 1.82) is 5.26 Å². The number of nitrogens with zero attached hydrogens (tertiary/aromatic N) is 4. The molecule has 6 heteroatoms. The number of aryl methyl sites for hydroxylation is 1. The molecule has 1 aromatic heterocycles. The van der Waals surface area contributed by atoms with E-state index in [2.05, 4.69) is 11.1 Å². The molecule has 1 N–H and O–H groups in total. The summed E-state index contributed by atoms with van der Waals surface area (Å²) in [6, 6.07) is 17.5. The number of hydrogen-bond donors (Lipinski definition) is 1. The molecule has 1 amide bonds. The fraction of sp³-hybridized carbons (Fsp3) is 0.320. The van der Waals surface area contributed by atoms with Gasteiger partial charge in [0.05, 0.1) is 30.0 Å². The predicted molar refractivity (Wildman–Crippen MR) is 117 cm³/mol. The summed E-state index contributed by atoms with van der Waals surface area (Å²) in [6.45, 7) is 3.69. The molecule has 0 saturated carbocycles. The maximum Gasteiger partial charge on any atom is 0.228 e. The average molecular weight is 415 g/mol. The summed E-state index contributed by atoms with van der Waals surface area (Å²) in [5.41, 5.74) is 3.71. The van der Waals surface area contributed by atoms with E-state index in [9.17, 15) is 9.90 Å². The molecule has 6 nitrogen and oxygen atoms in total. The third kappa shape index (κ3) is 4.68. The van der Waals surface area contributed by atoms with Crippen LogP contribution in [0.1, 0.15) is 40.8 Å². The lowest BCUT2D eigenvalue weighted by Crippen LogP contribution is -2.45. The van der Waals surface area contributed by atoms with E-state index in [4.69, 9.17) is 5.26 Å². The summed E-state index contributed by atoms with van der Waals surface area (Å²) in [7, 11) is 0. The molecule has 0 radical (unpaired) electrons. The van der Waals surface area contributed by atoms with Gasteiger partial charge in [0.2, 0.25) is 5.91 Å². The highest BCUT2D eigenvalue weighted by atomic mass is 16.3. The van der Waals surface area contributed by atoms with Crippen LogP contribution in [0.25, 0.3) is 0 Å². The minimum atomic E-state index is -0.875. The van der Waals surface area contributed by atoms with Crippen molar-refractivity contribution in [3.63, 3.8) is 0 Å². The number of aromatic nitrogens is 2. The van der Waals surface area contributed by atoms with Gasteiger partial charge in [-0.3, -0.25) is 4.79 Å². The highest BCUT2D eigenvalue weighted by molar-refractivity contribution is 5.78. The van der Waals surface area contributed by atoms with Crippen LogP contribution in [0.5, 0.6) is 0 Å². The minimum absolute atomic E-state index is 0.0490. The number of carbonyl (C=O) groups excluding carboxylic acids is 1. The van der Waals surface area contributed by atoms with Gasteiger partial charge in [-0.15, -0.1) is 0 Å². The second kappa shape index (κ2) is 8.75. The molecular formula is C25H26N4O2. The van der Waals surface area contributed by atoms with E-state index in [1.807, 2.05) is 52.8 Å². The van der Waals surface area contributed by atoms with Crippen molar-refractivity contribution in [2.45, 2.75) is 38.3 Å². The zero-order valence-electron chi connectivity index (χ0n) is 17.7. The lowest BCUT2D eigenvalue weighted by molar-refractivity contribution is -0.135. The number of piperidine rings is 1. The number of amides is 1. The number of aliphatic hydroxyl groups is 1. The highest BCUT2D eigenvalue weighted by Crippen LogP contribution is 2.33. The Balaban J connectivity index is 1.38. The fourth-order valence-electron chi connectivity index (χ4n) is 4.14. The summed E-state index contributed by atoms with van der Waals surface area (Å²) < 4.78 is 1.96. The number of hydrogen-bond acceptors (Lipinski definition) is 4. The van der Waals surface area contributed by atoms with Gasteiger partial charge < -0.3 is 14.6 Å². The molecule has 1 aliphatic heterocycles. The van der Waals surface area contributed by atoms with Gasteiger partial charge in [0.1, 0.15) is 0 Å². The summed E-state index contributed by atoms with van der Waals surface area (Å²) in [5.74, 6) is 0.0490. The Morgan fingerprint density at radius 3 is 2.61 bits per heavy atom. The van der Waals surface area contributed by atoms with Crippen molar-refractivity contribution in [3.8, 4) is 6.07 Å². The lowest BCUT2D eigenvalue weighted by atomic mass is 9.84. The van der Waals surface area contributed by atoms with Crippen molar-refractivity contribution in [2.75, 3.05) is 13.1 Å². The van der Waals surface area contributed by atoms with Crippen molar-refractivity contribution < 1.29 is 9.90 Å². The van der Waals surface area contributed by atoms with Crippen LogP contribution in [0.3, 0.4) is 0 Å². The third-order valence-electron chi connectivity index (χ3n) is 6.07. The molecule has 158 valence electrons. The lowest BCUT2D eigenvalue weighted by Gasteiger charge is -2.38. The fourth-order valence-corrected chi connectivity index (χ4v) is 4.14. The molecule has 1 aliphatic rings. The van der Waals surface area contributed by atoms with Crippen LogP contribution in [0.15, 0.2) is 61.1 Å². The SMILES string of the molecule is Cc1cccc(C2(O)CCN(C(=O)Cc3cncn3Cc3ccc(C#N)cc3)CC2)c1. The first-order chi connectivity index (χ1) is 15.0. The number of nitriles is 1. The van der Waals surface area contributed by atoms with E-state index in [0.717, 1.165) is 22.4 Å². The largest absolute Gasteiger partial charge is 0.385 e. The van der Waals surface area contributed by atoms with Crippen LogP contribution in [-0.4, -0.2) is 38.6 Å². The second-order valence-corrected chi connectivity index (χ2v) is 8.28. The Morgan fingerprint density at radius 2 is 1.94 bits per heavy atom. The zero-order valence-corrected chi connectivity index (χ0v) is 17.7. The minimum Gasteiger partial charge on any atom is -0.385 e. The Morgan fingerprint density at radius 1 is 1.19 bits per heavy atom. The Hall–Kier alpha value is -3.43. The van der Waals surface area contributed by atoms with E-state index in [0.29, 0.717) is 38.0 Å². The predicted octanol–water partition coefficient (Wildman–Crippen LogP) is 3.16. The summed E-state index contributed by atoms with van der Waals surface area (Å²) in [5, 5.41) is 20.0. The van der Waals surface area contributed by atoms with Crippen LogP contribution in [-0.2, 0) is 23.4 Å². The third-order valence-corrected chi connectivity index (χ3v) is 6.07. The molecule has 2 heterocycles. The number of rotatable bonds is 5. The first kappa shape index (κ1) is 20.8. The van der Waals surface area contributed by atoms with Gasteiger partial charge in [0, 0.05) is 31.5 Å². The normalized spacial score (nSPS) is 15.5. The Bertz CT molecular complexity index is 1100. The molecule has 1 saturated heterocycles. The Kier molecular flexibility index (Phi) is 5.88. The van der Waals surface area contributed by atoms with Gasteiger partial charge in [-0.1, -0.05) is 42.0 Å². The van der Waals surface area contributed by atoms with Gasteiger partial charge in [0.15, 0.2) is 0 Å². The van der Waals surface area contributed by atoms with Crippen molar-refractivity contribution in [1.82, 2.24) is 14.5 Å². The molecule has 31 heavy (non-hydrogen) atoms. The van der Waals surface area contributed by atoms with Crippen LogP contribution in [0, 0.1) is 18.3 Å². The van der Waals surface area contributed by atoms with Gasteiger partial charge >= 0.3 is 0 Å². The monoisotopic (exact) mass is 414 g/mol. The zero-order chi connectivity index (χ0) is 21.8. The van der Waals surface area contributed by atoms with Crippen LogP contribution in [0.4, 0.5) is 0 Å². The first-order valence-corrected chi connectivity index (χ1v) is 10.5. The quantitative estimate of drug-likeness (QED) is 0.695. The standard InChI is InChI=1S/C25H26N4O2/c1-19-3-2-4-22(13-19)25(31)9-11-28(12-10-25)24(30)14-23-16-27-18-29(23)17-21-7-5-20(15-26)6-8-21/h2-8,13,16,18,31H,9-12,14,17H2,1H3. The van der Waals surface area contributed by atoms with Gasteiger partial charge in [-0.2, -0.15) is 5.26 Å². The van der Waals surface area contributed by atoms with E-state index >= 15 is 0 Å². The molecular weight excluding hydrogens is 388 g/mol. The number of imidazole rings is 1. The molecule has 0 bridgehead atoms. The molecule has 0 aliphatic carbocycles. The maximum atomic E-state index is 12.9. The highest BCUT2D eigenvalue weighted by Gasteiger charge is 2.35. The molecule has 1 fully saturated rings. The van der Waals surface area contributed by atoms with Crippen LogP contribution < -0.4 is 0 Å². The number of carbonyl (C=O) groups is 1. The molecule has 0 spiro atoms. The van der Waals surface area contributed by atoms with Gasteiger partial charge in [-0.05, 0) is 43.0 Å². The van der Waals surface area contributed by atoms with Crippen LogP contribution in [0.2, 0.25) is 0 Å². The molecule has 3 aromatic rings. The smallest absolute Gasteiger partial charge is 0.228 e.